The first-order chi connectivity index (χ1) is 25.8. The average molecular weight is 726 g/mol. The van der Waals surface area contributed by atoms with Crippen LogP contribution in [-0.2, 0) is 6.54 Å². The fraction of sp³-hybridized carbons (Fsp3) is 0.0455. The molecule has 0 saturated heterocycles. The largest absolute Gasteiger partial charge is 0.319 e. The molecule has 6 aromatic carbocycles. The molecule has 0 radical (unpaired) electrons. The fourth-order valence-electron chi connectivity index (χ4n) is 6.85. The second kappa shape index (κ2) is 14.2. The molecule has 3 nitrogen and oxygen atoms in total. The Bertz CT molecular complexity index is 2530. The highest BCUT2D eigenvalue weighted by Crippen LogP contribution is 2.44. The summed E-state index contributed by atoms with van der Waals surface area (Å²) in [5.74, 6) is -9.72. The topological polar surface area (TPSA) is 30.7 Å². The molecule has 0 amide bonds. The lowest BCUT2D eigenvalue weighted by molar-refractivity contribution is 0.368. The van der Waals surface area contributed by atoms with Crippen LogP contribution in [-0.4, -0.2) is 14.5 Å². The van der Waals surface area contributed by atoms with E-state index in [1.165, 1.54) is 0 Å². The van der Waals surface area contributed by atoms with Crippen molar-refractivity contribution < 1.29 is 22.0 Å². The van der Waals surface area contributed by atoms with Crippen LogP contribution in [0.4, 0.5) is 22.0 Å². The molecule has 0 aliphatic heterocycles. The Morgan fingerprint density at radius 1 is 0.585 bits per heavy atom. The predicted octanol–water partition coefficient (Wildman–Crippen LogP) is 10.2. The summed E-state index contributed by atoms with van der Waals surface area (Å²) >= 11 is 0. The lowest BCUT2D eigenvalue weighted by Gasteiger charge is -2.26. The van der Waals surface area contributed by atoms with Gasteiger partial charge in [-0.15, -0.1) is 0 Å². The molecule has 0 fully saturated rings. The Balaban J connectivity index is 1.55. The summed E-state index contributed by atoms with van der Waals surface area (Å²) in [7, 11) is -1.29. The average Bonchev–Trinajstić information content (AvgIpc) is 3.58. The number of benzene rings is 6. The lowest BCUT2D eigenvalue weighted by atomic mass is 10.0. The Morgan fingerprint density at radius 3 is 1.66 bits per heavy atom. The Hall–Kier alpha value is -5.98. The molecule has 2 heterocycles. The van der Waals surface area contributed by atoms with Crippen LogP contribution in [0.5, 0.6) is 0 Å². The van der Waals surface area contributed by atoms with E-state index in [0.717, 1.165) is 26.9 Å². The second-order valence-electron chi connectivity index (χ2n) is 12.5. The molecule has 0 bridgehead atoms. The monoisotopic (exact) mass is 725 g/mol. The highest BCUT2D eigenvalue weighted by molar-refractivity contribution is 7.80. The lowest BCUT2D eigenvalue weighted by Crippen LogP contribution is -2.25. The minimum absolute atomic E-state index is 0.294. The number of hydrogen-bond acceptors (Lipinski definition) is 2. The SMILES string of the molecule is Cc1cc2ncccc2c(-c2nc(-c3ccccc3)c(-c3ccccc3)n2Cc2c(F)c(F)c(F)c(F)c2F)c1P(c1ccccc1)c1ccccc1. The van der Waals surface area contributed by atoms with E-state index < -0.39 is 49.1 Å². The second-order valence-corrected chi connectivity index (χ2v) is 14.6. The van der Waals surface area contributed by atoms with E-state index in [1.54, 1.807) is 10.8 Å². The standard InChI is InChI=1S/C44H29F5N3P/c1-27-25-34-32(23-14-24-50-34)35(43(27)53(30-19-10-4-11-20-30)31-21-12-5-13-22-31)44-51-41(28-15-6-2-7-16-28)42(29-17-8-3-9-18-29)52(44)26-33-36(45)38(47)40(49)39(48)37(33)46/h2-25H,26H2,1H3. The number of pyridine rings is 1. The number of aryl methyl sites for hydroxylation is 1. The van der Waals surface area contributed by atoms with Crippen molar-refractivity contribution >= 4 is 34.7 Å². The van der Waals surface area contributed by atoms with Crippen molar-refractivity contribution in [3.8, 4) is 33.9 Å². The third-order valence-electron chi connectivity index (χ3n) is 9.23. The van der Waals surface area contributed by atoms with E-state index in [9.17, 15) is 13.2 Å². The minimum atomic E-state index is -2.21. The maximum absolute atomic E-state index is 15.7. The van der Waals surface area contributed by atoms with Gasteiger partial charge in [0.25, 0.3) is 0 Å². The molecule has 0 unspecified atom stereocenters. The first-order valence-electron chi connectivity index (χ1n) is 16.8. The molecule has 8 rings (SSSR count). The summed E-state index contributed by atoms with van der Waals surface area (Å²) in [6.07, 6.45) is 1.69. The van der Waals surface area contributed by atoms with Crippen LogP contribution in [0.3, 0.4) is 0 Å². The van der Waals surface area contributed by atoms with Gasteiger partial charge in [0.15, 0.2) is 23.3 Å². The molecule has 9 heteroatoms. The van der Waals surface area contributed by atoms with Crippen molar-refractivity contribution in [2.75, 3.05) is 0 Å². The normalized spacial score (nSPS) is 11.5. The molecule has 0 aliphatic carbocycles. The zero-order valence-electron chi connectivity index (χ0n) is 28.2. The van der Waals surface area contributed by atoms with E-state index in [1.807, 2.05) is 122 Å². The molecule has 0 atom stereocenters. The molecule has 0 aliphatic rings. The van der Waals surface area contributed by atoms with E-state index in [4.69, 9.17) is 9.97 Å². The van der Waals surface area contributed by atoms with Crippen LogP contribution in [0.2, 0.25) is 0 Å². The highest BCUT2D eigenvalue weighted by Gasteiger charge is 2.32. The summed E-state index contributed by atoms with van der Waals surface area (Å²) in [6.45, 7) is 1.29. The maximum atomic E-state index is 15.7. The van der Waals surface area contributed by atoms with Crippen molar-refractivity contribution in [2.45, 2.75) is 13.5 Å². The molecular weight excluding hydrogens is 696 g/mol. The van der Waals surface area contributed by atoms with Gasteiger partial charge in [-0.25, -0.2) is 26.9 Å². The van der Waals surface area contributed by atoms with Crippen LogP contribution in [0.25, 0.3) is 44.8 Å². The maximum Gasteiger partial charge on any atom is 0.200 e. The number of halogens is 5. The summed E-state index contributed by atoms with van der Waals surface area (Å²) < 4.78 is 77.0. The number of hydrogen-bond donors (Lipinski definition) is 0. The quantitative estimate of drug-likeness (QED) is 0.0676. The Morgan fingerprint density at radius 2 is 1.09 bits per heavy atom. The summed E-state index contributed by atoms with van der Waals surface area (Å²) in [6, 6.07) is 44.3. The molecule has 260 valence electrons. The van der Waals surface area contributed by atoms with Crippen molar-refractivity contribution in [2.24, 2.45) is 0 Å². The van der Waals surface area contributed by atoms with Crippen molar-refractivity contribution in [1.82, 2.24) is 14.5 Å². The van der Waals surface area contributed by atoms with Gasteiger partial charge in [0.2, 0.25) is 5.82 Å². The van der Waals surface area contributed by atoms with Crippen molar-refractivity contribution in [1.29, 1.82) is 0 Å². The number of fused-ring (bicyclic) bond motifs is 1. The van der Waals surface area contributed by atoms with Gasteiger partial charge in [-0.2, -0.15) is 0 Å². The Labute approximate surface area is 303 Å². The number of imidazole rings is 1. The molecule has 0 N–H and O–H groups in total. The van der Waals surface area contributed by atoms with Gasteiger partial charge in [0.1, 0.15) is 5.82 Å². The highest BCUT2D eigenvalue weighted by atomic mass is 31.1. The molecule has 0 spiro atoms. The molecule has 2 aromatic heterocycles. The van der Waals surface area contributed by atoms with Gasteiger partial charge in [-0.3, -0.25) is 4.98 Å². The van der Waals surface area contributed by atoms with E-state index in [0.29, 0.717) is 39.4 Å². The van der Waals surface area contributed by atoms with Crippen LogP contribution in [0.15, 0.2) is 146 Å². The third kappa shape index (κ3) is 6.09. The number of aromatic nitrogens is 3. The zero-order valence-corrected chi connectivity index (χ0v) is 29.1. The molecule has 53 heavy (non-hydrogen) atoms. The predicted molar refractivity (Wildman–Crippen MR) is 203 cm³/mol. The van der Waals surface area contributed by atoms with Crippen molar-refractivity contribution in [3.63, 3.8) is 0 Å². The van der Waals surface area contributed by atoms with Crippen LogP contribution in [0.1, 0.15) is 11.1 Å². The van der Waals surface area contributed by atoms with Gasteiger partial charge in [-0.1, -0.05) is 127 Å². The number of nitrogens with zero attached hydrogens (tertiary/aromatic N) is 3. The summed E-state index contributed by atoms with van der Waals surface area (Å²) in [4.78, 5) is 10.0. The van der Waals surface area contributed by atoms with Crippen molar-refractivity contribution in [3.05, 3.63) is 186 Å². The molecule has 8 aromatic rings. The van der Waals surface area contributed by atoms with Crippen LogP contribution >= 0.6 is 7.92 Å². The van der Waals surface area contributed by atoms with E-state index in [-0.39, 0.29) is 0 Å². The van der Waals surface area contributed by atoms with Crippen LogP contribution in [0, 0.1) is 36.0 Å². The zero-order chi connectivity index (χ0) is 36.6. The van der Waals surface area contributed by atoms with Gasteiger partial charge in [0, 0.05) is 33.8 Å². The van der Waals surface area contributed by atoms with Gasteiger partial charge in [0.05, 0.1) is 23.4 Å². The van der Waals surface area contributed by atoms with E-state index in [2.05, 4.69) is 24.3 Å². The van der Waals surface area contributed by atoms with Gasteiger partial charge < -0.3 is 4.57 Å². The van der Waals surface area contributed by atoms with E-state index >= 15 is 8.78 Å². The smallest absolute Gasteiger partial charge is 0.200 e. The first-order valence-corrected chi connectivity index (χ1v) is 18.2. The third-order valence-corrected chi connectivity index (χ3v) is 11.9. The summed E-state index contributed by atoms with van der Waals surface area (Å²) in [5.41, 5.74) is 3.50. The minimum Gasteiger partial charge on any atom is -0.319 e. The van der Waals surface area contributed by atoms with Crippen LogP contribution < -0.4 is 15.9 Å². The van der Waals surface area contributed by atoms with Gasteiger partial charge >= 0.3 is 0 Å². The number of rotatable bonds is 8. The first kappa shape index (κ1) is 34.1. The van der Waals surface area contributed by atoms with Gasteiger partial charge in [-0.05, 0) is 48.5 Å². The summed E-state index contributed by atoms with van der Waals surface area (Å²) in [5, 5.41) is 3.73. The Kier molecular flexibility index (Phi) is 9.15. The molecular formula is C44H29F5N3P. The molecule has 0 saturated carbocycles. The fourth-order valence-corrected chi connectivity index (χ4v) is 9.47.